The molecule has 1 aromatic carbocycles. The van der Waals surface area contributed by atoms with Gasteiger partial charge >= 0.3 is 0 Å². The Kier molecular flexibility index (Phi) is 3.66. The maximum atomic E-state index is 13.4. The monoisotopic (exact) mass is 251 g/mol. The summed E-state index contributed by atoms with van der Waals surface area (Å²) in [6.07, 6.45) is 0.398. The maximum absolute atomic E-state index is 13.4. The zero-order valence-electron chi connectivity index (χ0n) is 10.7. The summed E-state index contributed by atoms with van der Waals surface area (Å²) in [6, 6.07) is 4.55. The predicted octanol–water partition coefficient (Wildman–Crippen LogP) is 1.98. The Morgan fingerprint density at radius 2 is 2.28 bits per heavy atom. The first-order chi connectivity index (χ1) is 8.49. The van der Waals surface area contributed by atoms with E-state index in [0.29, 0.717) is 24.2 Å². The molecule has 98 valence electrons. The highest BCUT2D eigenvalue weighted by molar-refractivity contribution is 5.94. The van der Waals surface area contributed by atoms with Crippen LogP contribution in [0, 0.1) is 18.7 Å². The van der Waals surface area contributed by atoms with Crippen molar-refractivity contribution in [2.45, 2.75) is 26.4 Å². The third kappa shape index (κ3) is 2.53. The van der Waals surface area contributed by atoms with Crippen molar-refractivity contribution in [1.82, 2.24) is 4.90 Å². The van der Waals surface area contributed by atoms with Crippen LogP contribution < -0.4 is 0 Å². The molecule has 1 heterocycles. The van der Waals surface area contributed by atoms with Gasteiger partial charge in [-0.25, -0.2) is 4.39 Å². The summed E-state index contributed by atoms with van der Waals surface area (Å²) < 4.78 is 13.4. The van der Waals surface area contributed by atoms with Crippen LogP contribution in [-0.2, 0) is 0 Å². The molecule has 1 fully saturated rings. The van der Waals surface area contributed by atoms with Crippen LogP contribution in [0.4, 0.5) is 4.39 Å². The second kappa shape index (κ2) is 5.06. The van der Waals surface area contributed by atoms with E-state index >= 15 is 0 Å². The summed E-state index contributed by atoms with van der Waals surface area (Å²) in [5, 5.41) is 9.50. The molecular formula is C14H18FNO2. The van der Waals surface area contributed by atoms with Gasteiger partial charge in [-0.15, -0.1) is 0 Å². The van der Waals surface area contributed by atoms with E-state index in [9.17, 15) is 14.3 Å². The lowest BCUT2D eigenvalue weighted by Crippen LogP contribution is -2.30. The molecule has 1 N–H and O–H groups in total. The van der Waals surface area contributed by atoms with Crippen molar-refractivity contribution >= 4 is 5.91 Å². The van der Waals surface area contributed by atoms with Crippen molar-refractivity contribution in [2.75, 3.05) is 13.1 Å². The molecule has 0 aliphatic carbocycles. The summed E-state index contributed by atoms with van der Waals surface area (Å²) in [5.41, 5.74) is 0.916. The maximum Gasteiger partial charge on any atom is 0.253 e. The lowest BCUT2D eigenvalue weighted by molar-refractivity contribution is 0.0762. The van der Waals surface area contributed by atoms with Crippen molar-refractivity contribution in [3.05, 3.63) is 35.1 Å². The fourth-order valence-corrected chi connectivity index (χ4v) is 2.27. The summed E-state index contributed by atoms with van der Waals surface area (Å²) in [5.74, 6) is -0.381. The predicted molar refractivity (Wildman–Crippen MR) is 66.8 cm³/mol. The van der Waals surface area contributed by atoms with Crippen molar-refractivity contribution < 1.29 is 14.3 Å². The number of hydrogen-bond donors (Lipinski definition) is 1. The lowest BCUT2D eigenvalue weighted by Gasteiger charge is -2.18. The van der Waals surface area contributed by atoms with E-state index in [-0.39, 0.29) is 17.6 Å². The molecule has 0 spiro atoms. The van der Waals surface area contributed by atoms with Gasteiger partial charge in [0.2, 0.25) is 0 Å². The standard InChI is InChI=1S/C14H18FNO2/c1-9-3-4-11(7-13(9)15)14(18)16-6-5-12(8-16)10(2)17/h3-4,7,10,12,17H,5-6,8H2,1-2H3. The number of likely N-dealkylation sites (tertiary alicyclic amines) is 1. The average molecular weight is 251 g/mol. The van der Waals surface area contributed by atoms with E-state index < -0.39 is 6.10 Å². The molecule has 0 radical (unpaired) electrons. The topological polar surface area (TPSA) is 40.5 Å². The van der Waals surface area contributed by atoms with Gasteiger partial charge in [0, 0.05) is 24.6 Å². The third-order valence-corrected chi connectivity index (χ3v) is 3.61. The SMILES string of the molecule is Cc1ccc(C(=O)N2CCC(C(C)O)C2)cc1F. The van der Waals surface area contributed by atoms with Crippen molar-refractivity contribution in [3.8, 4) is 0 Å². The normalized spacial score (nSPS) is 21.1. The van der Waals surface area contributed by atoms with E-state index in [0.717, 1.165) is 6.42 Å². The molecule has 4 heteroatoms. The molecule has 1 aromatic rings. The number of rotatable bonds is 2. The van der Waals surface area contributed by atoms with Gasteiger partial charge in [-0.05, 0) is 38.0 Å². The van der Waals surface area contributed by atoms with E-state index in [2.05, 4.69) is 0 Å². The van der Waals surface area contributed by atoms with Crippen LogP contribution >= 0.6 is 0 Å². The zero-order valence-corrected chi connectivity index (χ0v) is 10.7. The number of halogens is 1. The first kappa shape index (κ1) is 13.0. The van der Waals surface area contributed by atoms with E-state index in [1.807, 2.05) is 0 Å². The molecule has 0 bridgehead atoms. The highest BCUT2D eigenvalue weighted by atomic mass is 19.1. The Labute approximate surface area is 106 Å². The number of nitrogens with zero attached hydrogens (tertiary/aromatic N) is 1. The van der Waals surface area contributed by atoms with Crippen LogP contribution in [0.25, 0.3) is 0 Å². The molecular weight excluding hydrogens is 233 g/mol. The smallest absolute Gasteiger partial charge is 0.253 e. The quantitative estimate of drug-likeness (QED) is 0.873. The van der Waals surface area contributed by atoms with Gasteiger partial charge in [-0.3, -0.25) is 4.79 Å². The summed E-state index contributed by atoms with van der Waals surface area (Å²) in [7, 11) is 0. The average Bonchev–Trinajstić information content (AvgIpc) is 2.81. The Balaban J connectivity index is 2.10. The molecule has 1 saturated heterocycles. The molecule has 2 atom stereocenters. The van der Waals surface area contributed by atoms with Crippen LogP contribution in [-0.4, -0.2) is 35.1 Å². The zero-order chi connectivity index (χ0) is 13.3. The number of carbonyl (C=O) groups excluding carboxylic acids is 1. The van der Waals surface area contributed by atoms with E-state index in [4.69, 9.17) is 0 Å². The van der Waals surface area contributed by atoms with Gasteiger partial charge in [0.1, 0.15) is 5.82 Å². The molecule has 2 unspecified atom stereocenters. The number of amides is 1. The second-order valence-corrected chi connectivity index (χ2v) is 5.00. The van der Waals surface area contributed by atoms with Crippen molar-refractivity contribution in [1.29, 1.82) is 0 Å². The molecule has 1 amide bonds. The fourth-order valence-electron chi connectivity index (χ4n) is 2.27. The number of aliphatic hydroxyl groups is 1. The summed E-state index contributed by atoms with van der Waals surface area (Å²) >= 11 is 0. The second-order valence-electron chi connectivity index (χ2n) is 5.00. The van der Waals surface area contributed by atoms with Crippen LogP contribution in [0.2, 0.25) is 0 Å². The van der Waals surface area contributed by atoms with Gasteiger partial charge in [0.25, 0.3) is 5.91 Å². The van der Waals surface area contributed by atoms with Crippen LogP contribution in [0.3, 0.4) is 0 Å². The fraction of sp³-hybridized carbons (Fsp3) is 0.500. The number of benzene rings is 1. The summed E-state index contributed by atoms with van der Waals surface area (Å²) in [4.78, 5) is 13.8. The summed E-state index contributed by atoms with van der Waals surface area (Å²) in [6.45, 7) is 4.59. The van der Waals surface area contributed by atoms with Gasteiger partial charge in [0.05, 0.1) is 6.10 Å². The number of carbonyl (C=O) groups is 1. The highest BCUT2D eigenvalue weighted by Crippen LogP contribution is 2.22. The molecule has 2 rings (SSSR count). The molecule has 1 aliphatic heterocycles. The lowest BCUT2D eigenvalue weighted by atomic mass is 10.0. The van der Waals surface area contributed by atoms with Crippen LogP contribution in [0.15, 0.2) is 18.2 Å². The van der Waals surface area contributed by atoms with E-state index in [1.54, 1.807) is 30.9 Å². The number of aliphatic hydroxyl groups excluding tert-OH is 1. The Bertz CT molecular complexity index is 459. The Morgan fingerprint density at radius 1 is 1.56 bits per heavy atom. The van der Waals surface area contributed by atoms with Gasteiger partial charge in [-0.2, -0.15) is 0 Å². The molecule has 1 aliphatic rings. The van der Waals surface area contributed by atoms with Gasteiger partial charge in [0.15, 0.2) is 0 Å². The van der Waals surface area contributed by atoms with Crippen LogP contribution in [0.5, 0.6) is 0 Å². The van der Waals surface area contributed by atoms with E-state index in [1.165, 1.54) is 6.07 Å². The number of hydrogen-bond acceptors (Lipinski definition) is 2. The Hall–Kier alpha value is -1.42. The third-order valence-electron chi connectivity index (χ3n) is 3.61. The molecule has 3 nitrogen and oxygen atoms in total. The molecule has 0 saturated carbocycles. The van der Waals surface area contributed by atoms with Crippen molar-refractivity contribution in [2.24, 2.45) is 5.92 Å². The van der Waals surface area contributed by atoms with Crippen molar-refractivity contribution in [3.63, 3.8) is 0 Å². The highest BCUT2D eigenvalue weighted by Gasteiger charge is 2.29. The first-order valence-corrected chi connectivity index (χ1v) is 6.22. The first-order valence-electron chi connectivity index (χ1n) is 6.22. The Morgan fingerprint density at radius 3 is 2.83 bits per heavy atom. The largest absolute Gasteiger partial charge is 0.393 e. The number of aryl methyl sites for hydroxylation is 1. The van der Waals surface area contributed by atoms with Gasteiger partial charge < -0.3 is 10.0 Å². The minimum Gasteiger partial charge on any atom is -0.393 e. The van der Waals surface area contributed by atoms with Crippen LogP contribution in [0.1, 0.15) is 29.3 Å². The minimum absolute atomic E-state index is 0.129. The molecule has 0 aromatic heterocycles. The minimum atomic E-state index is -0.405. The van der Waals surface area contributed by atoms with Gasteiger partial charge in [-0.1, -0.05) is 6.07 Å². The molecule has 18 heavy (non-hydrogen) atoms.